The van der Waals surface area contributed by atoms with Crippen molar-refractivity contribution in [2.24, 2.45) is 4.99 Å². The molecular formula is C21H30IN3O3. The van der Waals surface area contributed by atoms with E-state index in [9.17, 15) is 0 Å². The Labute approximate surface area is 184 Å². The Hall–Kier alpha value is -2.16. The first kappa shape index (κ1) is 23.9. The van der Waals surface area contributed by atoms with Crippen LogP contribution in [0.2, 0.25) is 0 Å². The molecule has 6 nitrogen and oxygen atoms in total. The molecule has 154 valence electrons. The van der Waals surface area contributed by atoms with Crippen molar-refractivity contribution in [2.75, 3.05) is 27.9 Å². The van der Waals surface area contributed by atoms with Crippen molar-refractivity contribution < 1.29 is 14.2 Å². The fourth-order valence-electron chi connectivity index (χ4n) is 2.49. The van der Waals surface area contributed by atoms with Crippen molar-refractivity contribution >= 4 is 29.9 Å². The number of ether oxygens (including phenoxy) is 3. The lowest BCUT2D eigenvalue weighted by Gasteiger charge is -2.14. The Bertz CT molecular complexity index is 736. The van der Waals surface area contributed by atoms with E-state index in [0.717, 1.165) is 40.8 Å². The normalized spacial score (nSPS) is 10.6. The summed E-state index contributed by atoms with van der Waals surface area (Å²) < 4.78 is 16.3. The molecule has 2 N–H and O–H groups in total. The molecule has 0 aromatic heterocycles. The number of methoxy groups -OCH3 is 2. The quantitative estimate of drug-likeness (QED) is 0.311. The topological polar surface area (TPSA) is 64.1 Å². The van der Waals surface area contributed by atoms with Crippen molar-refractivity contribution in [3.63, 3.8) is 0 Å². The molecule has 0 aliphatic heterocycles. The molecule has 0 aliphatic carbocycles. The lowest BCUT2D eigenvalue weighted by atomic mass is 10.2. The average molecular weight is 499 g/mol. The molecule has 2 aromatic rings. The highest BCUT2D eigenvalue weighted by atomic mass is 127. The van der Waals surface area contributed by atoms with Crippen LogP contribution in [0.3, 0.4) is 0 Å². The molecule has 0 aliphatic rings. The summed E-state index contributed by atoms with van der Waals surface area (Å²) in [5, 5.41) is 6.61. The molecule has 0 saturated carbocycles. The average Bonchev–Trinajstić information content (AvgIpc) is 2.73. The minimum Gasteiger partial charge on any atom is -0.497 e. The molecule has 0 heterocycles. The Morgan fingerprint density at radius 1 is 0.893 bits per heavy atom. The number of hydrogen-bond acceptors (Lipinski definition) is 4. The van der Waals surface area contributed by atoms with Gasteiger partial charge in [-0.3, -0.25) is 4.99 Å². The summed E-state index contributed by atoms with van der Waals surface area (Å²) in [5.74, 6) is 3.09. The molecule has 0 bridgehead atoms. The Morgan fingerprint density at radius 3 is 2.11 bits per heavy atom. The van der Waals surface area contributed by atoms with E-state index in [-0.39, 0.29) is 24.0 Å². The van der Waals surface area contributed by atoms with Gasteiger partial charge in [-0.15, -0.1) is 24.0 Å². The Balaban J connectivity index is 0.00000392. The molecule has 0 amide bonds. The van der Waals surface area contributed by atoms with E-state index < -0.39 is 0 Å². The van der Waals surface area contributed by atoms with Crippen LogP contribution in [-0.2, 0) is 13.1 Å². The van der Waals surface area contributed by atoms with Crippen molar-refractivity contribution in [1.29, 1.82) is 0 Å². The van der Waals surface area contributed by atoms with Crippen LogP contribution in [-0.4, -0.2) is 33.8 Å². The summed E-state index contributed by atoms with van der Waals surface area (Å²) in [4.78, 5) is 4.27. The third kappa shape index (κ3) is 7.46. The molecule has 0 saturated heterocycles. The van der Waals surface area contributed by atoms with E-state index in [1.54, 1.807) is 21.3 Å². The zero-order valence-corrected chi connectivity index (χ0v) is 19.3. The van der Waals surface area contributed by atoms with Crippen molar-refractivity contribution in [2.45, 2.75) is 26.4 Å². The Morgan fingerprint density at radius 2 is 1.54 bits per heavy atom. The highest BCUT2D eigenvalue weighted by Gasteiger charge is 2.06. The zero-order valence-electron chi connectivity index (χ0n) is 17.0. The van der Waals surface area contributed by atoms with Crippen LogP contribution in [0.4, 0.5) is 0 Å². The second-order valence-electron chi connectivity index (χ2n) is 5.96. The maximum absolute atomic E-state index is 5.69. The lowest BCUT2D eigenvalue weighted by Crippen LogP contribution is -2.36. The van der Waals surface area contributed by atoms with E-state index >= 15 is 0 Å². The van der Waals surface area contributed by atoms with Crippen LogP contribution >= 0.6 is 24.0 Å². The number of aliphatic imine (C=N–C) groups is 1. The largest absolute Gasteiger partial charge is 0.497 e. The van der Waals surface area contributed by atoms with E-state index in [1.807, 2.05) is 42.5 Å². The van der Waals surface area contributed by atoms with Crippen molar-refractivity contribution in [1.82, 2.24) is 10.6 Å². The van der Waals surface area contributed by atoms with Crippen LogP contribution in [0.1, 0.15) is 24.5 Å². The summed E-state index contributed by atoms with van der Waals surface area (Å²) in [6.45, 7) is 4.06. The van der Waals surface area contributed by atoms with Gasteiger partial charge in [-0.2, -0.15) is 0 Å². The molecule has 2 aromatic carbocycles. The number of nitrogens with zero attached hydrogens (tertiary/aromatic N) is 1. The summed E-state index contributed by atoms with van der Waals surface area (Å²) in [6.07, 6.45) is 0.961. The van der Waals surface area contributed by atoms with E-state index in [2.05, 4.69) is 22.5 Å². The van der Waals surface area contributed by atoms with Gasteiger partial charge >= 0.3 is 0 Å². The van der Waals surface area contributed by atoms with E-state index in [1.165, 1.54) is 0 Å². The van der Waals surface area contributed by atoms with Crippen LogP contribution in [0.25, 0.3) is 0 Å². The van der Waals surface area contributed by atoms with E-state index in [0.29, 0.717) is 19.7 Å². The van der Waals surface area contributed by atoms with Gasteiger partial charge in [-0.25, -0.2) is 0 Å². The summed E-state index contributed by atoms with van der Waals surface area (Å²) >= 11 is 0. The number of halogens is 1. The van der Waals surface area contributed by atoms with Gasteiger partial charge < -0.3 is 24.8 Å². The highest BCUT2D eigenvalue weighted by Crippen LogP contribution is 2.28. The van der Waals surface area contributed by atoms with Crippen molar-refractivity contribution in [3.05, 3.63) is 53.6 Å². The van der Waals surface area contributed by atoms with Gasteiger partial charge in [-0.05, 0) is 41.8 Å². The smallest absolute Gasteiger partial charge is 0.191 e. The third-order valence-corrected chi connectivity index (χ3v) is 3.99. The SMILES string of the molecule is CCCOc1ccc(CNC(=NC)NCc2ccc(OC)cc2)cc1OC.I. The van der Waals surface area contributed by atoms with Gasteiger partial charge in [0.15, 0.2) is 17.5 Å². The summed E-state index contributed by atoms with van der Waals surface area (Å²) in [5.41, 5.74) is 2.24. The minimum absolute atomic E-state index is 0. The Kier molecular flexibility index (Phi) is 11.2. The number of benzene rings is 2. The zero-order chi connectivity index (χ0) is 19.5. The molecule has 0 atom stereocenters. The van der Waals surface area contributed by atoms with Gasteiger partial charge in [0, 0.05) is 20.1 Å². The number of nitrogens with one attached hydrogen (secondary N) is 2. The maximum atomic E-state index is 5.69. The van der Waals surface area contributed by atoms with Crippen molar-refractivity contribution in [3.8, 4) is 17.2 Å². The van der Waals surface area contributed by atoms with Crippen LogP contribution < -0.4 is 24.8 Å². The molecule has 7 heteroatoms. The fraction of sp³-hybridized carbons (Fsp3) is 0.381. The highest BCUT2D eigenvalue weighted by molar-refractivity contribution is 14.0. The van der Waals surface area contributed by atoms with Crippen LogP contribution in [0.5, 0.6) is 17.2 Å². The van der Waals surface area contributed by atoms with Crippen LogP contribution in [0.15, 0.2) is 47.5 Å². The van der Waals surface area contributed by atoms with Gasteiger partial charge in [0.2, 0.25) is 0 Å². The second kappa shape index (κ2) is 13.1. The standard InChI is InChI=1S/C21H29N3O3.HI/c1-5-12-27-19-11-8-17(13-20(19)26-4)15-24-21(22-2)23-14-16-6-9-18(25-3)10-7-16;/h6-11,13H,5,12,14-15H2,1-4H3,(H2,22,23,24);1H. The molecule has 0 fully saturated rings. The van der Waals surface area contributed by atoms with Gasteiger partial charge in [0.25, 0.3) is 0 Å². The molecule has 2 rings (SSSR count). The van der Waals surface area contributed by atoms with Gasteiger partial charge in [0.1, 0.15) is 5.75 Å². The molecule has 0 radical (unpaired) electrons. The monoisotopic (exact) mass is 499 g/mol. The first-order chi connectivity index (χ1) is 13.2. The predicted molar refractivity (Wildman–Crippen MR) is 124 cm³/mol. The fourth-order valence-corrected chi connectivity index (χ4v) is 2.49. The predicted octanol–water partition coefficient (Wildman–Crippen LogP) is 3.98. The van der Waals surface area contributed by atoms with E-state index in [4.69, 9.17) is 14.2 Å². The lowest BCUT2D eigenvalue weighted by molar-refractivity contribution is 0.294. The number of hydrogen-bond donors (Lipinski definition) is 2. The molecular weight excluding hydrogens is 469 g/mol. The first-order valence-corrected chi connectivity index (χ1v) is 9.07. The first-order valence-electron chi connectivity index (χ1n) is 9.07. The molecule has 0 unspecified atom stereocenters. The van der Waals surface area contributed by atoms with Gasteiger partial charge in [0.05, 0.1) is 20.8 Å². The molecule has 28 heavy (non-hydrogen) atoms. The minimum atomic E-state index is 0. The summed E-state index contributed by atoms with van der Waals surface area (Å²) in [6, 6.07) is 13.9. The second-order valence-corrected chi connectivity index (χ2v) is 5.96. The van der Waals surface area contributed by atoms with Crippen LogP contribution in [0, 0.1) is 0 Å². The number of rotatable bonds is 9. The summed E-state index contributed by atoms with van der Waals surface area (Å²) in [7, 11) is 5.07. The maximum Gasteiger partial charge on any atom is 0.191 e. The number of guanidine groups is 1. The van der Waals surface area contributed by atoms with Gasteiger partial charge in [-0.1, -0.05) is 25.1 Å². The third-order valence-electron chi connectivity index (χ3n) is 3.99. The molecule has 0 spiro atoms.